The van der Waals surface area contributed by atoms with Crippen LogP contribution in [0.3, 0.4) is 0 Å². The molecule has 0 amide bonds. The van der Waals surface area contributed by atoms with E-state index in [4.69, 9.17) is 31.2 Å². The summed E-state index contributed by atoms with van der Waals surface area (Å²) in [5, 5.41) is 12.4. The predicted octanol–water partition coefficient (Wildman–Crippen LogP) is 4.57. The molecule has 0 unspecified atom stereocenters. The summed E-state index contributed by atoms with van der Waals surface area (Å²) in [5.74, 6) is 0.361. The molecule has 3 aromatic rings. The van der Waals surface area contributed by atoms with Crippen molar-refractivity contribution in [1.29, 1.82) is 0 Å². The van der Waals surface area contributed by atoms with Crippen molar-refractivity contribution in [1.82, 2.24) is 9.55 Å². The predicted molar refractivity (Wildman–Crippen MR) is 127 cm³/mol. The number of esters is 1. The highest BCUT2D eigenvalue weighted by atomic mass is 35.5. The number of carboxylic acids is 1. The Kier molecular flexibility index (Phi) is 8.16. The van der Waals surface area contributed by atoms with Crippen LogP contribution in [-0.4, -0.2) is 46.4 Å². The van der Waals surface area contributed by atoms with Gasteiger partial charge in [-0.15, -0.1) is 0 Å². The van der Waals surface area contributed by atoms with Crippen LogP contribution in [0.25, 0.3) is 11.0 Å². The number of benzene rings is 2. The first-order chi connectivity index (χ1) is 15.8. The molecule has 0 saturated carbocycles. The second kappa shape index (κ2) is 11.0. The van der Waals surface area contributed by atoms with Gasteiger partial charge in [-0.3, -0.25) is 9.59 Å². The van der Waals surface area contributed by atoms with Gasteiger partial charge in [0.1, 0.15) is 18.1 Å². The first kappa shape index (κ1) is 24.4. The van der Waals surface area contributed by atoms with Crippen LogP contribution >= 0.6 is 11.6 Å². The van der Waals surface area contributed by atoms with Gasteiger partial charge in [0.25, 0.3) is 0 Å². The molecule has 0 bridgehead atoms. The maximum Gasteiger partial charge on any atom is 0.325 e. The topological polar surface area (TPSA) is 103 Å². The molecular weight excluding hydrogens is 446 g/mol. The minimum Gasteiger partial charge on any atom is -0.493 e. The Labute approximate surface area is 197 Å². The summed E-state index contributed by atoms with van der Waals surface area (Å²) in [5.41, 5.74) is 4.42. The molecule has 9 heteroatoms. The maximum absolute atomic E-state index is 11.5. The van der Waals surface area contributed by atoms with E-state index in [0.717, 1.165) is 33.7 Å². The zero-order valence-electron chi connectivity index (χ0n) is 19.0. The highest BCUT2D eigenvalue weighted by Crippen LogP contribution is 2.29. The van der Waals surface area contributed by atoms with Crippen LogP contribution in [0.15, 0.2) is 30.3 Å². The van der Waals surface area contributed by atoms with Crippen LogP contribution in [0.4, 0.5) is 5.69 Å². The molecule has 0 atom stereocenters. The van der Waals surface area contributed by atoms with Crippen molar-refractivity contribution < 1.29 is 24.2 Å². The van der Waals surface area contributed by atoms with E-state index in [9.17, 15) is 9.59 Å². The Bertz CT molecular complexity index is 1160. The molecule has 33 heavy (non-hydrogen) atoms. The highest BCUT2D eigenvalue weighted by molar-refractivity contribution is 6.31. The number of carboxylic acid groups (broad SMARTS) is 1. The second-order valence-electron chi connectivity index (χ2n) is 7.66. The number of halogens is 1. The van der Waals surface area contributed by atoms with Gasteiger partial charge in [-0.05, 0) is 56.5 Å². The lowest BCUT2D eigenvalue weighted by Crippen LogP contribution is -2.16. The number of aryl methyl sites for hydroxylation is 2. The van der Waals surface area contributed by atoms with Crippen molar-refractivity contribution >= 4 is 40.3 Å². The Morgan fingerprint density at radius 1 is 1.21 bits per heavy atom. The summed E-state index contributed by atoms with van der Waals surface area (Å²) in [7, 11) is 0. The van der Waals surface area contributed by atoms with Crippen LogP contribution in [0, 0.1) is 13.8 Å². The van der Waals surface area contributed by atoms with Crippen molar-refractivity contribution in [2.75, 3.05) is 25.1 Å². The summed E-state index contributed by atoms with van der Waals surface area (Å²) >= 11 is 6.54. The van der Waals surface area contributed by atoms with E-state index in [1.807, 2.05) is 38.1 Å². The Hall–Kier alpha value is -3.26. The van der Waals surface area contributed by atoms with Crippen LogP contribution in [0.2, 0.25) is 5.02 Å². The van der Waals surface area contributed by atoms with Gasteiger partial charge in [0, 0.05) is 23.2 Å². The van der Waals surface area contributed by atoms with E-state index in [-0.39, 0.29) is 18.9 Å². The van der Waals surface area contributed by atoms with Crippen molar-refractivity contribution in [3.63, 3.8) is 0 Å². The largest absolute Gasteiger partial charge is 0.493 e. The van der Waals surface area contributed by atoms with E-state index in [1.165, 1.54) is 0 Å². The molecule has 0 radical (unpaired) electrons. The minimum atomic E-state index is -0.835. The van der Waals surface area contributed by atoms with Crippen LogP contribution < -0.4 is 10.1 Å². The van der Waals surface area contributed by atoms with Gasteiger partial charge >= 0.3 is 11.9 Å². The molecule has 3 rings (SSSR count). The van der Waals surface area contributed by atoms with Crippen LogP contribution in [-0.2, 0) is 20.9 Å². The lowest BCUT2D eigenvalue weighted by molar-refractivity contribution is -0.141. The summed E-state index contributed by atoms with van der Waals surface area (Å²) in [6, 6.07) is 9.41. The molecule has 0 saturated heterocycles. The third-order valence-electron chi connectivity index (χ3n) is 5.14. The smallest absolute Gasteiger partial charge is 0.325 e. The number of carbonyl (C=O) groups excluding carboxylic acids is 1. The third kappa shape index (κ3) is 6.38. The number of ether oxygens (including phenoxy) is 2. The molecule has 176 valence electrons. The van der Waals surface area contributed by atoms with E-state index >= 15 is 0 Å². The van der Waals surface area contributed by atoms with Crippen molar-refractivity contribution in [3.05, 3.63) is 52.3 Å². The average Bonchev–Trinajstić information content (AvgIpc) is 3.07. The molecule has 0 aliphatic rings. The number of rotatable bonds is 11. The van der Waals surface area contributed by atoms with Gasteiger partial charge in [-0.2, -0.15) is 0 Å². The fourth-order valence-electron chi connectivity index (χ4n) is 3.51. The van der Waals surface area contributed by atoms with Crippen LogP contribution in [0.5, 0.6) is 5.75 Å². The Morgan fingerprint density at radius 2 is 2.00 bits per heavy atom. The molecule has 0 spiro atoms. The lowest BCUT2D eigenvalue weighted by atomic mass is 10.1. The molecule has 2 N–H and O–H groups in total. The molecular formula is C24H28ClN3O5. The molecule has 2 aromatic carbocycles. The lowest BCUT2D eigenvalue weighted by Gasteiger charge is -2.13. The standard InChI is InChI=1S/C24H28ClN3O5/c1-4-32-23(31)13-26-18-8-7-17(20(25)11-18)14-28-16(3)27-24-15(2)10-19(12-21(24)28)33-9-5-6-22(29)30/h7-8,10-12,26H,4-6,9,13-14H2,1-3H3,(H,29,30). The normalized spacial score (nSPS) is 10.9. The zero-order valence-corrected chi connectivity index (χ0v) is 19.7. The van der Waals surface area contributed by atoms with E-state index in [2.05, 4.69) is 9.88 Å². The van der Waals surface area contributed by atoms with Gasteiger partial charge in [-0.25, -0.2) is 4.98 Å². The van der Waals surface area contributed by atoms with E-state index in [1.54, 1.807) is 13.0 Å². The number of anilines is 1. The summed E-state index contributed by atoms with van der Waals surface area (Å²) in [6.07, 6.45) is 0.512. The monoisotopic (exact) mass is 473 g/mol. The Balaban J connectivity index is 1.78. The molecule has 0 fully saturated rings. The number of hydrogen-bond acceptors (Lipinski definition) is 6. The molecule has 1 heterocycles. The van der Waals surface area contributed by atoms with Crippen LogP contribution in [0.1, 0.15) is 36.7 Å². The number of carbonyl (C=O) groups is 2. The summed E-state index contributed by atoms with van der Waals surface area (Å²) < 4.78 is 12.8. The average molecular weight is 474 g/mol. The number of aliphatic carboxylic acids is 1. The third-order valence-corrected chi connectivity index (χ3v) is 5.49. The number of nitrogens with one attached hydrogen (secondary N) is 1. The molecule has 0 aliphatic heterocycles. The highest BCUT2D eigenvalue weighted by Gasteiger charge is 2.14. The maximum atomic E-state index is 11.5. The minimum absolute atomic E-state index is 0.0708. The number of fused-ring (bicyclic) bond motifs is 1. The summed E-state index contributed by atoms with van der Waals surface area (Å²) in [6.45, 7) is 6.94. The van der Waals surface area contributed by atoms with Gasteiger partial charge in [0.05, 0.1) is 30.8 Å². The number of nitrogens with zero attached hydrogens (tertiary/aromatic N) is 2. The number of imidazole rings is 1. The van der Waals surface area contributed by atoms with Crippen molar-refractivity contribution in [2.45, 2.75) is 40.2 Å². The van der Waals surface area contributed by atoms with Crippen molar-refractivity contribution in [2.24, 2.45) is 0 Å². The van der Waals surface area contributed by atoms with E-state index < -0.39 is 5.97 Å². The van der Waals surface area contributed by atoms with Gasteiger partial charge in [0.2, 0.25) is 0 Å². The number of aromatic nitrogens is 2. The first-order valence-corrected chi connectivity index (χ1v) is 11.2. The molecule has 8 nitrogen and oxygen atoms in total. The zero-order chi connectivity index (χ0) is 24.0. The van der Waals surface area contributed by atoms with Gasteiger partial charge < -0.3 is 24.5 Å². The second-order valence-corrected chi connectivity index (χ2v) is 8.07. The van der Waals surface area contributed by atoms with E-state index in [0.29, 0.717) is 37.0 Å². The fraction of sp³-hybridized carbons (Fsp3) is 0.375. The molecule has 0 aliphatic carbocycles. The quantitative estimate of drug-likeness (QED) is 0.310. The van der Waals surface area contributed by atoms with Gasteiger partial charge in [0.15, 0.2) is 0 Å². The van der Waals surface area contributed by atoms with Crippen molar-refractivity contribution in [3.8, 4) is 5.75 Å². The van der Waals surface area contributed by atoms with Gasteiger partial charge in [-0.1, -0.05) is 17.7 Å². The Morgan fingerprint density at radius 3 is 2.70 bits per heavy atom. The SMILES string of the molecule is CCOC(=O)CNc1ccc(Cn2c(C)nc3c(C)cc(OCCCC(=O)O)cc32)c(Cl)c1. The molecule has 1 aromatic heterocycles. The summed E-state index contributed by atoms with van der Waals surface area (Å²) in [4.78, 5) is 27.0. The first-order valence-electron chi connectivity index (χ1n) is 10.8. The number of hydrogen-bond donors (Lipinski definition) is 2. The fourth-order valence-corrected chi connectivity index (χ4v) is 3.75.